The third-order valence-corrected chi connectivity index (χ3v) is 2.81. The Morgan fingerprint density at radius 2 is 1.95 bits per heavy atom. The molecule has 1 amide bonds. The average molecular weight is 274 g/mol. The Labute approximate surface area is 115 Å². The molecule has 1 aromatic carbocycles. The number of hydrogen-bond donors (Lipinski definition) is 2. The second-order valence-corrected chi connectivity index (χ2v) is 4.26. The minimum Gasteiger partial charge on any atom is -0.475 e. The number of amides is 1. The summed E-state index contributed by atoms with van der Waals surface area (Å²) in [5, 5.41) is 15.5. The molecule has 2 aromatic rings. The first-order valence-corrected chi connectivity index (χ1v) is 6.12. The molecule has 6 nitrogen and oxygen atoms in total. The van der Waals surface area contributed by atoms with Crippen LogP contribution in [-0.2, 0) is 11.2 Å². The quantitative estimate of drug-likeness (QED) is 0.893. The Kier molecular flexibility index (Phi) is 3.84. The van der Waals surface area contributed by atoms with Gasteiger partial charge < -0.3 is 14.9 Å². The third-order valence-electron chi connectivity index (χ3n) is 2.81. The van der Waals surface area contributed by atoms with Gasteiger partial charge in [-0.15, -0.1) is 0 Å². The third kappa shape index (κ3) is 2.69. The van der Waals surface area contributed by atoms with E-state index in [0.29, 0.717) is 23.4 Å². The number of aromatic carboxylic acids is 1. The molecular weight excluding hydrogens is 260 g/mol. The monoisotopic (exact) mass is 274 g/mol. The molecule has 20 heavy (non-hydrogen) atoms. The van der Waals surface area contributed by atoms with Gasteiger partial charge in [-0.2, -0.15) is 0 Å². The Hall–Kier alpha value is -2.63. The van der Waals surface area contributed by atoms with Gasteiger partial charge in [0.05, 0.1) is 0 Å². The van der Waals surface area contributed by atoms with Gasteiger partial charge in [-0.05, 0) is 18.6 Å². The van der Waals surface area contributed by atoms with E-state index in [9.17, 15) is 9.59 Å². The van der Waals surface area contributed by atoms with E-state index in [0.717, 1.165) is 5.56 Å². The molecule has 1 heterocycles. The first-order valence-electron chi connectivity index (χ1n) is 6.12. The van der Waals surface area contributed by atoms with Gasteiger partial charge in [0.1, 0.15) is 5.69 Å². The number of carbonyl (C=O) groups is 2. The first kappa shape index (κ1) is 13.8. The SMILES string of the molecule is CCc1c(-c2ccc(NC(C)=O)cc2)noc1C(=O)O. The molecule has 0 spiro atoms. The highest BCUT2D eigenvalue weighted by Gasteiger charge is 2.21. The normalized spacial score (nSPS) is 10.3. The van der Waals surface area contributed by atoms with Crippen LogP contribution in [0.3, 0.4) is 0 Å². The van der Waals surface area contributed by atoms with Crippen LogP contribution in [0.5, 0.6) is 0 Å². The maximum Gasteiger partial charge on any atom is 0.375 e. The van der Waals surface area contributed by atoms with Crippen LogP contribution in [0, 0.1) is 0 Å². The molecule has 104 valence electrons. The summed E-state index contributed by atoms with van der Waals surface area (Å²) >= 11 is 0. The van der Waals surface area contributed by atoms with Crippen LogP contribution in [0.2, 0.25) is 0 Å². The Morgan fingerprint density at radius 1 is 1.30 bits per heavy atom. The van der Waals surface area contributed by atoms with E-state index >= 15 is 0 Å². The number of nitrogens with zero attached hydrogens (tertiary/aromatic N) is 1. The molecule has 0 radical (unpaired) electrons. The standard InChI is InChI=1S/C14H14N2O4/c1-3-11-12(16-20-13(11)14(18)19)9-4-6-10(7-5-9)15-8(2)17/h4-7H,3H2,1-2H3,(H,15,17)(H,18,19). The maximum atomic E-state index is 11.0. The minimum absolute atomic E-state index is 0.131. The van der Waals surface area contributed by atoms with E-state index in [2.05, 4.69) is 10.5 Å². The van der Waals surface area contributed by atoms with Gasteiger partial charge in [0, 0.05) is 23.7 Å². The fraction of sp³-hybridized carbons (Fsp3) is 0.214. The van der Waals surface area contributed by atoms with Gasteiger partial charge in [-0.25, -0.2) is 4.79 Å². The number of aromatic nitrogens is 1. The highest BCUT2D eigenvalue weighted by molar-refractivity contribution is 5.90. The summed E-state index contributed by atoms with van der Waals surface area (Å²) in [5.41, 5.74) is 2.48. The van der Waals surface area contributed by atoms with E-state index in [4.69, 9.17) is 9.63 Å². The summed E-state index contributed by atoms with van der Waals surface area (Å²) in [5.74, 6) is -1.41. The predicted octanol–water partition coefficient (Wildman–Crippen LogP) is 2.56. The van der Waals surface area contributed by atoms with E-state index < -0.39 is 5.97 Å². The van der Waals surface area contributed by atoms with Crippen molar-refractivity contribution in [3.8, 4) is 11.3 Å². The Balaban J connectivity index is 2.37. The largest absolute Gasteiger partial charge is 0.475 e. The van der Waals surface area contributed by atoms with Crippen molar-refractivity contribution in [2.24, 2.45) is 0 Å². The number of carboxylic acids is 1. The maximum absolute atomic E-state index is 11.0. The number of rotatable bonds is 4. The topological polar surface area (TPSA) is 92.4 Å². The molecule has 0 aliphatic heterocycles. The molecular formula is C14H14N2O4. The lowest BCUT2D eigenvalue weighted by Crippen LogP contribution is -2.05. The molecule has 1 aromatic heterocycles. The van der Waals surface area contributed by atoms with E-state index in [1.165, 1.54) is 6.92 Å². The highest BCUT2D eigenvalue weighted by atomic mass is 16.5. The van der Waals surface area contributed by atoms with Crippen LogP contribution < -0.4 is 5.32 Å². The number of anilines is 1. The van der Waals surface area contributed by atoms with Crippen molar-refractivity contribution in [1.29, 1.82) is 0 Å². The highest BCUT2D eigenvalue weighted by Crippen LogP contribution is 2.27. The van der Waals surface area contributed by atoms with Crippen molar-refractivity contribution < 1.29 is 19.2 Å². The van der Waals surface area contributed by atoms with Crippen LogP contribution in [0.1, 0.15) is 30.0 Å². The predicted molar refractivity (Wildman–Crippen MR) is 72.6 cm³/mol. The molecule has 6 heteroatoms. The van der Waals surface area contributed by atoms with Gasteiger partial charge in [0.15, 0.2) is 0 Å². The number of carbonyl (C=O) groups excluding carboxylic acids is 1. The number of nitrogens with one attached hydrogen (secondary N) is 1. The lowest BCUT2D eigenvalue weighted by molar-refractivity contribution is -0.114. The summed E-state index contributed by atoms with van der Waals surface area (Å²) in [7, 11) is 0. The van der Waals surface area contributed by atoms with Crippen molar-refractivity contribution in [3.63, 3.8) is 0 Å². The average Bonchev–Trinajstić information content (AvgIpc) is 2.82. The molecule has 0 aliphatic rings. The van der Waals surface area contributed by atoms with Crippen LogP contribution in [-0.4, -0.2) is 22.1 Å². The van der Waals surface area contributed by atoms with Crippen molar-refractivity contribution in [2.75, 3.05) is 5.32 Å². The summed E-state index contributed by atoms with van der Waals surface area (Å²) < 4.78 is 4.88. The zero-order valence-electron chi connectivity index (χ0n) is 11.1. The molecule has 0 unspecified atom stereocenters. The summed E-state index contributed by atoms with van der Waals surface area (Å²) in [6.07, 6.45) is 0.508. The minimum atomic E-state index is -1.13. The van der Waals surface area contributed by atoms with Crippen molar-refractivity contribution in [1.82, 2.24) is 5.16 Å². The fourth-order valence-electron chi connectivity index (χ4n) is 1.95. The second-order valence-electron chi connectivity index (χ2n) is 4.26. The van der Waals surface area contributed by atoms with Crippen LogP contribution >= 0.6 is 0 Å². The van der Waals surface area contributed by atoms with Crippen LogP contribution in [0.4, 0.5) is 5.69 Å². The lowest BCUT2D eigenvalue weighted by atomic mass is 10.0. The number of benzene rings is 1. The molecule has 0 atom stereocenters. The van der Waals surface area contributed by atoms with Crippen LogP contribution in [0.15, 0.2) is 28.8 Å². The van der Waals surface area contributed by atoms with E-state index in [-0.39, 0.29) is 11.7 Å². The number of hydrogen-bond acceptors (Lipinski definition) is 4. The molecule has 0 bridgehead atoms. The molecule has 2 N–H and O–H groups in total. The smallest absolute Gasteiger partial charge is 0.375 e. The van der Waals surface area contributed by atoms with Crippen LogP contribution in [0.25, 0.3) is 11.3 Å². The summed E-state index contributed by atoms with van der Waals surface area (Å²) in [6.45, 7) is 3.27. The summed E-state index contributed by atoms with van der Waals surface area (Å²) in [6, 6.07) is 6.97. The zero-order valence-corrected chi connectivity index (χ0v) is 11.1. The second kappa shape index (κ2) is 5.56. The lowest BCUT2D eigenvalue weighted by Gasteiger charge is -2.03. The van der Waals surface area contributed by atoms with Crippen molar-refractivity contribution in [2.45, 2.75) is 20.3 Å². The summed E-state index contributed by atoms with van der Waals surface area (Å²) in [4.78, 5) is 22.0. The molecule has 2 rings (SSSR count). The van der Waals surface area contributed by atoms with Gasteiger partial charge in [0.25, 0.3) is 0 Å². The van der Waals surface area contributed by atoms with Crippen molar-refractivity contribution >= 4 is 17.6 Å². The number of carboxylic acid groups (broad SMARTS) is 1. The van der Waals surface area contributed by atoms with Gasteiger partial charge >= 0.3 is 5.97 Å². The fourth-order valence-corrected chi connectivity index (χ4v) is 1.95. The van der Waals surface area contributed by atoms with Crippen molar-refractivity contribution in [3.05, 3.63) is 35.6 Å². The molecule has 0 saturated carbocycles. The van der Waals surface area contributed by atoms with E-state index in [1.54, 1.807) is 24.3 Å². The van der Waals surface area contributed by atoms with Gasteiger partial charge in [-0.3, -0.25) is 4.79 Å². The first-order chi connectivity index (χ1) is 9.52. The Morgan fingerprint density at radius 3 is 2.45 bits per heavy atom. The molecule has 0 saturated heterocycles. The van der Waals surface area contributed by atoms with Gasteiger partial charge in [-0.1, -0.05) is 24.2 Å². The Bertz CT molecular complexity index is 644. The molecule has 0 fully saturated rings. The van der Waals surface area contributed by atoms with E-state index in [1.807, 2.05) is 6.92 Å². The zero-order chi connectivity index (χ0) is 14.7. The molecule has 0 aliphatic carbocycles. The van der Waals surface area contributed by atoms with Gasteiger partial charge in [0.2, 0.25) is 11.7 Å².